The Balaban J connectivity index is 1.69. The van der Waals surface area contributed by atoms with E-state index in [1.165, 1.54) is 77.0 Å². The zero-order valence-electron chi connectivity index (χ0n) is 14.8. The molecule has 0 aliphatic heterocycles. The normalized spacial score (nSPS) is 37.6. The molecule has 0 radical (unpaired) electrons. The van der Waals surface area contributed by atoms with Gasteiger partial charge in [-0.1, -0.05) is 33.1 Å². The molecule has 0 heterocycles. The number of unbranched alkanes of at least 4 members (excludes halogenated alkanes) is 2. The molecule has 2 rings (SSSR count). The quantitative estimate of drug-likeness (QED) is 0.496. The van der Waals surface area contributed by atoms with E-state index < -0.39 is 0 Å². The van der Waals surface area contributed by atoms with Gasteiger partial charge in [-0.25, -0.2) is 0 Å². The third-order valence-electron chi connectivity index (χ3n) is 6.41. The molecule has 0 aromatic rings. The smallest absolute Gasteiger partial charge is 0.0575 e. The summed E-state index contributed by atoms with van der Waals surface area (Å²) in [5.74, 6) is 2.05. The molecule has 2 saturated carbocycles. The summed E-state index contributed by atoms with van der Waals surface area (Å²) >= 11 is 0. The zero-order chi connectivity index (χ0) is 15.1. The highest BCUT2D eigenvalue weighted by Gasteiger charge is 2.35. The Kier molecular flexibility index (Phi) is 7.05. The molecule has 0 saturated heterocycles. The molecule has 1 nitrogen and oxygen atoms in total. The second-order valence-corrected chi connectivity index (χ2v) is 8.10. The number of hydrogen-bond donors (Lipinski definition) is 0. The van der Waals surface area contributed by atoms with E-state index in [0.29, 0.717) is 11.5 Å². The van der Waals surface area contributed by atoms with Gasteiger partial charge in [0, 0.05) is 6.61 Å². The molecule has 21 heavy (non-hydrogen) atoms. The van der Waals surface area contributed by atoms with Crippen molar-refractivity contribution in [2.24, 2.45) is 17.3 Å². The fourth-order valence-corrected chi connectivity index (χ4v) is 4.82. The van der Waals surface area contributed by atoms with Gasteiger partial charge in [0.1, 0.15) is 0 Å². The van der Waals surface area contributed by atoms with Gasteiger partial charge in [-0.15, -0.1) is 0 Å². The average Bonchev–Trinajstić information content (AvgIpc) is 2.50. The van der Waals surface area contributed by atoms with E-state index in [0.717, 1.165) is 18.4 Å². The SMILES string of the molecule is CCCCC[C@]1(C)CC[C@@H](C2CCC(OCC)CC2)CC1. The highest BCUT2D eigenvalue weighted by Crippen LogP contribution is 2.47. The number of rotatable bonds is 7. The Morgan fingerprint density at radius 2 is 1.48 bits per heavy atom. The lowest BCUT2D eigenvalue weighted by Crippen LogP contribution is -2.31. The zero-order valence-corrected chi connectivity index (χ0v) is 14.8. The highest BCUT2D eigenvalue weighted by atomic mass is 16.5. The molecule has 0 amide bonds. The summed E-state index contributed by atoms with van der Waals surface area (Å²) in [5, 5.41) is 0. The Hall–Kier alpha value is -0.0400. The number of hydrogen-bond acceptors (Lipinski definition) is 1. The molecular formula is C20H38O. The summed E-state index contributed by atoms with van der Waals surface area (Å²) < 4.78 is 5.81. The molecule has 2 aliphatic carbocycles. The molecule has 0 bridgehead atoms. The summed E-state index contributed by atoms with van der Waals surface area (Å²) in [5.41, 5.74) is 0.675. The van der Waals surface area contributed by atoms with Crippen molar-refractivity contribution in [3.05, 3.63) is 0 Å². The van der Waals surface area contributed by atoms with Gasteiger partial charge in [0.05, 0.1) is 6.10 Å². The minimum absolute atomic E-state index is 0.578. The van der Waals surface area contributed by atoms with Crippen LogP contribution < -0.4 is 0 Å². The van der Waals surface area contributed by atoms with Crippen molar-refractivity contribution in [1.29, 1.82) is 0 Å². The van der Waals surface area contributed by atoms with Crippen LogP contribution in [-0.4, -0.2) is 12.7 Å². The van der Waals surface area contributed by atoms with E-state index in [1.54, 1.807) is 0 Å². The van der Waals surface area contributed by atoms with Crippen molar-refractivity contribution in [3.63, 3.8) is 0 Å². The second kappa shape index (κ2) is 8.56. The molecule has 0 N–H and O–H groups in total. The van der Waals surface area contributed by atoms with Gasteiger partial charge < -0.3 is 4.74 Å². The molecule has 0 atom stereocenters. The third kappa shape index (κ3) is 5.27. The molecule has 1 heteroatoms. The lowest BCUT2D eigenvalue weighted by Gasteiger charge is -2.42. The minimum Gasteiger partial charge on any atom is -0.379 e. The Morgan fingerprint density at radius 1 is 0.857 bits per heavy atom. The summed E-state index contributed by atoms with van der Waals surface area (Å²) in [7, 11) is 0. The maximum Gasteiger partial charge on any atom is 0.0575 e. The van der Waals surface area contributed by atoms with Crippen LogP contribution in [0.15, 0.2) is 0 Å². The monoisotopic (exact) mass is 294 g/mol. The van der Waals surface area contributed by atoms with Crippen LogP contribution >= 0.6 is 0 Å². The van der Waals surface area contributed by atoms with Gasteiger partial charge in [0.25, 0.3) is 0 Å². The van der Waals surface area contributed by atoms with Crippen molar-refractivity contribution >= 4 is 0 Å². The van der Waals surface area contributed by atoms with Crippen molar-refractivity contribution < 1.29 is 4.74 Å². The average molecular weight is 295 g/mol. The lowest BCUT2D eigenvalue weighted by atomic mass is 9.64. The van der Waals surface area contributed by atoms with Crippen LogP contribution in [0, 0.1) is 17.3 Å². The van der Waals surface area contributed by atoms with Crippen molar-refractivity contribution in [1.82, 2.24) is 0 Å². The topological polar surface area (TPSA) is 9.23 Å². The summed E-state index contributed by atoms with van der Waals surface area (Å²) in [6, 6.07) is 0. The Labute approximate surface area is 133 Å². The number of ether oxygens (including phenoxy) is 1. The van der Waals surface area contributed by atoms with Crippen LogP contribution in [0.3, 0.4) is 0 Å². The van der Waals surface area contributed by atoms with E-state index in [-0.39, 0.29) is 0 Å². The lowest BCUT2D eigenvalue weighted by molar-refractivity contribution is 0.00960. The van der Waals surface area contributed by atoms with Crippen LogP contribution in [0.1, 0.15) is 97.8 Å². The maximum atomic E-state index is 5.81. The first-order valence-electron chi connectivity index (χ1n) is 9.78. The summed E-state index contributed by atoms with van der Waals surface area (Å²) in [6.07, 6.45) is 17.8. The van der Waals surface area contributed by atoms with Crippen LogP contribution in [-0.2, 0) is 4.74 Å². The van der Waals surface area contributed by atoms with Crippen LogP contribution in [0.2, 0.25) is 0 Å². The molecule has 2 fully saturated rings. The first kappa shape index (κ1) is 17.3. The standard InChI is InChI=1S/C20H38O/c1-4-6-7-14-20(3)15-12-18(13-16-20)17-8-10-19(11-9-17)21-5-2/h17-19H,4-16H2,1-3H3/t17?,18-,19?,20-. The van der Waals surface area contributed by atoms with Crippen molar-refractivity contribution in [2.45, 2.75) is 104 Å². The van der Waals surface area contributed by atoms with E-state index in [9.17, 15) is 0 Å². The van der Waals surface area contributed by atoms with Crippen LogP contribution in [0.5, 0.6) is 0 Å². The molecule has 124 valence electrons. The van der Waals surface area contributed by atoms with E-state index in [2.05, 4.69) is 20.8 Å². The van der Waals surface area contributed by atoms with Gasteiger partial charge in [-0.05, 0) is 82.0 Å². The fourth-order valence-electron chi connectivity index (χ4n) is 4.82. The summed E-state index contributed by atoms with van der Waals surface area (Å²) in [6.45, 7) is 7.91. The molecule has 0 aromatic carbocycles. The minimum atomic E-state index is 0.578. The second-order valence-electron chi connectivity index (χ2n) is 8.10. The Bertz CT molecular complexity index is 270. The van der Waals surface area contributed by atoms with Gasteiger partial charge >= 0.3 is 0 Å². The van der Waals surface area contributed by atoms with Crippen molar-refractivity contribution in [3.8, 4) is 0 Å². The van der Waals surface area contributed by atoms with Gasteiger partial charge in [-0.2, -0.15) is 0 Å². The largest absolute Gasteiger partial charge is 0.379 e. The van der Waals surface area contributed by atoms with E-state index in [4.69, 9.17) is 4.74 Å². The van der Waals surface area contributed by atoms with Gasteiger partial charge in [-0.3, -0.25) is 0 Å². The summed E-state index contributed by atoms with van der Waals surface area (Å²) in [4.78, 5) is 0. The van der Waals surface area contributed by atoms with Gasteiger partial charge in [0.15, 0.2) is 0 Å². The predicted molar refractivity (Wildman–Crippen MR) is 91.6 cm³/mol. The Morgan fingerprint density at radius 3 is 2.05 bits per heavy atom. The van der Waals surface area contributed by atoms with Crippen LogP contribution in [0.4, 0.5) is 0 Å². The third-order valence-corrected chi connectivity index (χ3v) is 6.41. The van der Waals surface area contributed by atoms with Crippen LogP contribution in [0.25, 0.3) is 0 Å². The predicted octanol–water partition coefficient (Wildman–Crippen LogP) is 6.36. The maximum absolute atomic E-state index is 5.81. The van der Waals surface area contributed by atoms with E-state index >= 15 is 0 Å². The highest BCUT2D eigenvalue weighted by molar-refractivity contribution is 4.86. The fraction of sp³-hybridized carbons (Fsp3) is 1.00. The molecule has 0 aromatic heterocycles. The molecular weight excluding hydrogens is 256 g/mol. The van der Waals surface area contributed by atoms with Crippen molar-refractivity contribution in [2.75, 3.05) is 6.61 Å². The van der Waals surface area contributed by atoms with E-state index in [1.807, 2.05) is 0 Å². The molecule has 2 aliphatic rings. The van der Waals surface area contributed by atoms with Gasteiger partial charge in [0.2, 0.25) is 0 Å². The molecule has 0 unspecified atom stereocenters. The first-order chi connectivity index (χ1) is 10.2. The molecule has 0 spiro atoms. The first-order valence-corrected chi connectivity index (χ1v) is 9.78.